The third-order valence-electron chi connectivity index (χ3n) is 3.95. The first-order chi connectivity index (χ1) is 13.1. The number of aromatic nitrogens is 3. The smallest absolute Gasteiger partial charge is 0.297 e. The first kappa shape index (κ1) is 17.3. The van der Waals surface area contributed by atoms with Crippen molar-refractivity contribution in [2.45, 2.75) is 10.9 Å². The molecule has 0 bridgehead atoms. The molecule has 2 heterocycles. The number of benzene rings is 2. The minimum atomic E-state index is -0.302. The minimum absolute atomic E-state index is 0.113. The van der Waals surface area contributed by atoms with E-state index in [1.54, 1.807) is 37.4 Å². The van der Waals surface area contributed by atoms with Crippen LogP contribution in [-0.4, -0.2) is 21.6 Å². The van der Waals surface area contributed by atoms with Gasteiger partial charge in [0, 0.05) is 24.6 Å². The first-order valence-electron chi connectivity index (χ1n) is 8.08. The van der Waals surface area contributed by atoms with Crippen molar-refractivity contribution in [3.8, 4) is 11.5 Å². The number of anilines is 2. The molecule has 4 rings (SSSR count). The summed E-state index contributed by atoms with van der Waals surface area (Å²) in [5.41, 5.74) is 1.28. The van der Waals surface area contributed by atoms with Crippen molar-refractivity contribution in [3.63, 3.8) is 0 Å². The van der Waals surface area contributed by atoms with Gasteiger partial charge in [-0.1, -0.05) is 23.9 Å². The average Bonchev–Trinajstić information content (AvgIpc) is 3.14. The van der Waals surface area contributed by atoms with Crippen LogP contribution in [0.4, 0.5) is 15.9 Å². The molecule has 1 aliphatic heterocycles. The van der Waals surface area contributed by atoms with E-state index in [-0.39, 0.29) is 24.0 Å². The Bertz CT molecular complexity index is 1040. The Morgan fingerprint density at radius 3 is 2.74 bits per heavy atom. The largest absolute Gasteiger partial charge is 0.454 e. The van der Waals surface area contributed by atoms with Gasteiger partial charge in [0.2, 0.25) is 12.6 Å². The van der Waals surface area contributed by atoms with Gasteiger partial charge in [-0.05, 0) is 29.8 Å². The number of thioether (sulfide) groups is 1. The van der Waals surface area contributed by atoms with Crippen LogP contribution in [0.3, 0.4) is 0 Å². The van der Waals surface area contributed by atoms with Gasteiger partial charge in [0.25, 0.3) is 5.56 Å². The molecule has 1 N–H and O–H groups in total. The number of hydrogen-bond acceptors (Lipinski definition) is 7. The van der Waals surface area contributed by atoms with Crippen LogP contribution >= 0.6 is 11.8 Å². The third kappa shape index (κ3) is 3.72. The standard InChI is InChI=1S/C18H15FN4O3S/c1-23-17(24)16(20-13-6-7-14-15(8-13)26-10-25-14)21-22-18(23)27-9-11-2-4-12(19)5-3-11/h2-8H,9-10H2,1H3,(H,20,21). The molecule has 0 amide bonds. The minimum Gasteiger partial charge on any atom is -0.454 e. The molecule has 2 aromatic carbocycles. The number of rotatable bonds is 5. The van der Waals surface area contributed by atoms with Crippen molar-refractivity contribution in [2.24, 2.45) is 7.05 Å². The molecule has 7 nitrogen and oxygen atoms in total. The number of hydrogen-bond donors (Lipinski definition) is 1. The SMILES string of the molecule is Cn1c(SCc2ccc(F)cc2)nnc(Nc2ccc3c(c2)OCO3)c1=O. The summed E-state index contributed by atoms with van der Waals surface area (Å²) < 4.78 is 25.0. The zero-order valence-corrected chi connectivity index (χ0v) is 15.1. The zero-order valence-electron chi connectivity index (χ0n) is 14.3. The Balaban J connectivity index is 1.50. The maximum Gasteiger partial charge on any atom is 0.297 e. The molecular weight excluding hydrogens is 371 g/mol. The van der Waals surface area contributed by atoms with E-state index in [0.29, 0.717) is 28.1 Å². The fourth-order valence-electron chi connectivity index (χ4n) is 2.49. The maximum atomic E-state index is 13.0. The zero-order chi connectivity index (χ0) is 18.8. The summed E-state index contributed by atoms with van der Waals surface area (Å²) in [5.74, 6) is 1.65. The van der Waals surface area contributed by atoms with Gasteiger partial charge in [0.1, 0.15) is 5.82 Å². The molecule has 0 saturated heterocycles. The van der Waals surface area contributed by atoms with E-state index in [1.807, 2.05) is 0 Å². The predicted molar refractivity (Wildman–Crippen MR) is 99.1 cm³/mol. The number of nitrogens with zero attached hydrogens (tertiary/aromatic N) is 3. The van der Waals surface area contributed by atoms with Crippen LogP contribution in [0.15, 0.2) is 52.4 Å². The summed E-state index contributed by atoms with van der Waals surface area (Å²) in [6.07, 6.45) is 0. The Morgan fingerprint density at radius 1 is 1.15 bits per heavy atom. The molecule has 0 saturated carbocycles. The molecule has 0 radical (unpaired) electrons. The topological polar surface area (TPSA) is 78.3 Å². The molecule has 27 heavy (non-hydrogen) atoms. The summed E-state index contributed by atoms with van der Waals surface area (Å²) in [6, 6.07) is 11.5. The molecule has 138 valence electrons. The lowest BCUT2D eigenvalue weighted by atomic mass is 10.2. The normalized spacial score (nSPS) is 12.2. The number of ether oxygens (including phenoxy) is 2. The quantitative estimate of drug-likeness (QED) is 0.675. The van der Waals surface area contributed by atoms with Crippen molar-refractivity contribution >= 4 is 23.3 Å². The van der Waals surface area contributed by atoms with Crippen LogP contribution in [0.1, 0.15) is 5.56 Å². The Morgan fingerprint density at radius 2 is 1.93 bits per heavy atom. The molecule has 0 spiro atoms. The highest BCUT2D eigenvalue weighted by atomic mass is 32.2. The van der Waals surface area contributed by atoms with Crippen molar-refractivity contribution in [3.05, 3.63) is 64.2 Å². The van der Waals surface area contributed by atoms with Gasteiger partial charge in [-0.15, -0.1) is 10.2 Å². The highest BCUT2D eigenvalue weighted by Gasteiger charge is 2.15. The molecule has 0 unspecified atom stereocenters. The van der Waals surface area contributed by atoms with Crippen molar-refractivity contribution in [1.82, 2.24) is 14.8 Å². The molecular formula is C18H15FN4O3S. The Labute approximate surface area is 158 Å². The molecule has 1 aliphatic rings. The van der Waals surface area contributed by atoms with Gasteiger partial charge in [0.15, 0.2) is 16.7 Å². The Hall–Kier alpha value is -3.07. The second-order valence-electron chi connectivity index (χ2n) is 5.80. The van der Waals surface area contributed by atoms with Crippen LogP contribution in [-0.2, 0) is 12.8 Å². The Kier molecular flexibility index (Phi) is 4.68. The summed E-state index contributed by atoms with van der Waals surface area (Å²) in [7, 11) is 1.63. The fourth-order valence-corrected chi connectivity index (χ4v) is 3.36. The molecule has 3 aromatic rings. The van der Waals surface area contributed by atoms with Gasteiger partial charge in [-0.2, -0.15) is 0 Å². The van der Waals surface area contributed by atoms with Gasteiger partial charge in [0.05, 0.1) is 0 Å². The number of nitrogens with one attached hydrogen (secondary N) is 1. The van der Waals surface area contributed by atoms with E-state index in [4.69, 9.17) is 9.47 Å². The van der Waals surface area contributed by atoms with E-state index < -0.39 is 0 Å². The van der Waals surface area contributed by atoms with Crippen LogP contribution in [0, 0.1) is 5.82 Å². The van der Waals surface area contributed by atoms with E-state index in [0.717, 1.165) is 5.56 Å². The van der Waals surface area contributed by atoms with Gasteiger partial charge in [-0.3, -0.25) is 9.36 Å². The van der Waals surface area contributed by atoms with Gasteiger partial charge >= 0.3 is 0 Å². The molecule has 0 aliphatic carbocycles. The highest BCUT2D eigenvalue weighted by molar-refractivity contribution is 7.98. The van der Waals surface area contributed by atoms with Crippen molar-refractivity contribution in [2.75, 3.05) is 12.1 Å². The van der Waals surface area contributed by atoms with E-state index in [1.165, 1.54) is 28.5 Å². The lowest BCUT2D eigenvalue weighted by Gasteiger charge is -2.09. The lowest BCUT2D eigenvalue weighted by molar-refractivity contribution is 0.174. The van der Waals surface area contributed by atoms with Crippen LogP contribution in [0.5, 0.6) is 11.5 Å². The predicted octanol–water partition coefficient (Wildman–Crippen LogP) is 3.08. The summed E-state index contributed by atoms with van der Waals surface area (Å²) in [6.45, 7) is 0.181. The summed E-state index contributed by atoms with van der Waals surface area (Å²) in [5, 5.41) is 11.6. The summed E-state index contributed by atoms with van der Waals surface area (Å²) >= 11 is 1.35. The first-order valence-corrected chi connectivity index (χ1v) is 9.06. The molecule has 0 atom stereocenters. The monoisotopic (exact) mass is 386 g/mol. The van der Waals surface area contributed by atoms with Crippen LogP contribution in [0.2, 0.25) is 0 Å². The van der Waals surface area contributed by atoms with E-state index in [2.05, 4.69) is 15.5 Å². The highest BCUT2D eigenvalue weighted by Crippen LogP contribution is 2.34. The fraction of sp³-hybridized carbons (Fsp3) is 0.167. The van der Waals surface area contributed by atoms with Gasteiger partial charge < -0.3 is 14.8 Å². The van der Waals surface area contributed by atoms with Crippen molar-refractivity contribution < 1.29 is 13.9 Å². The van der Waals surface area contributed by atoms with Crippen LogP contribution < -0.4 is 20.3 Å². The van der Waals surface area contributed by atoms with E-state index >= 15 is 0 Å². The molecule has 1 aromatic heterocycles. The maximum absolute atomic E-state index is 13.0. The van der Waals surface area contributed by atoms with Crippen LogP contribution in [0.25, 0.3) is 0 Å². The average molecular weight is 386 g/mol. The number of halogens is 1. The lowest BCUT2D eigenvalue weighted by Crippen LogP contribution is -2.24. The second-order valence-corrected chi connectivity index (χ2v) is 6.75. The van der Waals surface area contributed by atoms with Crippen molar-refractivity contribution in [1.29, 1.82) is 0 Å². The van der Waals surface area contributed by atoms with Gasteiger partial charge in [-0.25, -0.2) is 4.39 Å². The second kappa shape index (κ2) is 7.28. The van der Waals surface area contributed by atoms with E-state index in [9.17, 15) is 9.18 Å². The third-order valence-corrected chi connectivity index (χ3v) is 5.04. The molecule has 0 fully saturated rings. The summed E-state index contributed by atoms with van der Waals surface area (Å²) in [4.78, 5) is 12.6. The number of fused-ring (bicyclic) bond motifs is 1. The molecule has 9 heteroatoms.